The Hall–Kier alpha value is -0.900. The molecule has 3 fully saturated rings. The fourth-order valence-corrected chi connectivity index (χ4v) is 3.64. The number of hydrogen-bond donors (Lipinski definition) is 1. The molecule has 2 aliphatic heterocycles. The van der Waals surface area contributed by atoms with Crippen LogP contribution >= 0.6 is 0 Å². The van der Waals surface area contributed by atoms with Gasteiger partial charge in [-0.15, -0.1) is 0 Å². The van der Waals surface area contributed by atoms with Gasteiger partial charge in [-0.05, 0) is 25.7 Å². The van der Waals surface area contributed by atoms with E-state index >= 15 is 0 Å². The Morgan fingerprint density at radius 1 is 1.12 bits per heavy atom. The fourth-order valence-electron chi connectivity index (χ4n) is 3.64. The van der Waals surface area contributed by atoms with Crippen molar-refractivity contribution in [2.45, 2.75) is 56.5 Å². The molecule has 0 aromatic carbocycles. The van der Waals surface area contributed by atoms with Crippen molar-refractivity contribution in [3.63, 3.8) is 0 Å². The molecule has 2 heterocycles. The van der Waals surface area contributed by atoms with Gasteiger partial charge in [0, 0.05) is 6.54 Å². The SMILES string of the molecule is O=C1NC(=O)C2(CCCCC2)N2CCC[C@@H]12. The van der Waals surface area contributed by atoms with Crippen molar-refractivity contribution in [1.29, 1.82) is 0 Å². The maximum Gasteiger partial charge on any atom is 0.247 e. The molecule has 1 N–H and O–H groups in total. The van der Waals surface area contributed by atoms with Crippen LogP contribution in [-0.2, 0) is 9.59 Å². The van der Waals surface area contributed by atoms with Crippen LogP contribution in [-0.4, -0.2) is 34.8 Å². The molecule has 88 valence electrons. The number of carbonyl (C=O) groups is 2. The molecule has 3 rings (SSSR count). The molecule has 2 saturated heterocycles. The number of piperazine rings is 1. The van der Waals surface area contributed by atoms with Crippen LogP contribution in [0, 0.1) is 0 Å². The van der Waals surface area contributed by atoms with Crippen molar-refractivity contribution in [3.05, 3.63) is 0 Å². The van der Waals surface area contributed by atoms with Crippen LogP contribution < -0.4 is 5.32 Å². The van der Waals surface area contributed by atoms with Gasteiger partial charge in [-0.25, -0.2) is 0 Å². The van der Waals surface area contributed by atoms with Gasteiger partial charge in [-0.3, -0.25) is 19.8 Å². The Morgan fingerprint density at radius 2 is 1.88 bits per heavy atom. The molecule has 1 atom stereocenters. The summed E-state index contributed by atoms with van der Waals surface area (Å²) >= 11 is 0. The van der Waals surface area contributed by atoms with Gasteiger partial charge in [0.25, 0.3) is 0 Å². The summed E-state index contributed by atoms with van der Waals surface area (Å²) in [6, 6.07) is -0.0317. The van der Waals surface area contributed by atoms with Crippen LogP contribution in [0.5, 0.6) is 0 Å². The van der Waals surface area contributed by atoms with Gasteiger partial charge >= 0.3 is 0 Å². The summed E-state index contributed by atoms with van der Waals surface area (Å²) in [5, 5.41) is 2.59. The van der Waals surface area contributed by atoms with Crippen LogP contribution in [0.15, 0.2) is 0 Å². The number of imide groups is 1. The molecule has 1 spiro atoms. The van der Waals surface area contributed by atoms with E-state index in [-0.39, 0.29) is 23.4 Å². The van der Waals surface area contributed by atoms with Gasteiger partial charge in [0.1, 0.15) is 5.54 Å². The van der Waals surface area contributed by atoms with Crippen molar-refractivity contribution in [3.8, 4) is 0 Å². The van der Waals surface area contributed by atoms with Gasteiger partial charge in [0.15, 0.2) is 0 Å². The van der Waals surface area contributed by atoms with Crippen molar-refractivity contribution >= 4 is 11.8 Å². The molecule has 4 heteroatoms. The van der Waals surface area contributed by atoms with E-state index in [4.69, 9.17) is 0 Å². The second-order valence-electron chi connectivity index (χ2n) is 5.26. The molecule has 3 aliphatic rings. The summed E-state index contributed by atoms with van der Waals surface area (Å²) in [6.07, 6.45) is 7.29. The Kier molecular flexibility index (Phi) is 2.28. The third kappa shape index (κ3) is 1.25. The topological polar surface area (TPSA) is 49.4 Å². The maximum absolute atomic E-state index is 12.2. The number of carbonyl (C=O) groups excluding carboxylic acids is 2. The molecule has 0 aromatic rings. The van der Waals surface area contributed by atoms with Gasteiger partial charge in [0.2, 0.25) is 11.8 Å². The Morgan fingerprint density at radius 3 is 2.62 bits per heavy atom. The highest BCUT2D eigenvalue weighted by Gasteiger charge is 2.54. The maximum atomic E-state index is 12.2. The molecule has 0 radical (unpaired) electrons. The zero-order valence-electron chi connectivity index (χ0n) is 9.50. The minimum Gasteiger partial charge on any atom is -0.293 e. The lowest BCUT2D eigenvalue weighted by molar-refractivity contribution is -0.152. The van der Waals surface area contributed by atoms with E-state index in [1.54, 1.807) is 0 Å². The van der Waals surface area contributed by atoms with E-state index in [1.807, 2.05) is 0 Å². The smallest absolute Gasteiger partial charge is 0.247 e. The minimum atomic E-state index is -0.340. The highest BCUT2D eigenvalue weighted by Crippen LogP contribution is 2.40. The summed E-state index contributed by atoms with van der Waals surface area (Å²) < 4.78 is 0. The van der Waals surface area contributed by atoms with Crippen molar-refractivity contribution in [1.82, 2.24) is 10.2 Å². The fraction of sp³-hybridized carbons (Fsp3) is 0.833. The van der Waals surface area contributed by atoms with E-state index in [0.717, 1.165) is 45.1 Å². The van der Waals surface area contributed by atoms with Crippen molar-refractivity contribution in [2.24, 2.45) is 0 Å². The number of nitrogens with zero attached hydrogens (tertiary/aromatic N) is 1. The van der Waals surface area contributed by atoms with Gasteiger partial charge in [0.05, 0.1) is 6.04 Å². The molecule has 4 nitrogen and oxygen atoms in total. The zero-order valence-corrected chi connectivity index (χ0v) is 9.50. The van der Waals surface area contributed by atoms with Crippen molar-refractivity contribution < 1.29 is 9.59 Å². The average molecular weight is 222 g/mol. The molecule has 2 amide bonds. The summed E-state index contributed by atoms with van der Waals surface area (Å²) in [6.45, 7) is 0.920. The number of amides is 2. The minimum absolute atomic E-state index is 0.0317. The first-order valence-electron chi connectivity index (χ1n) is 6.36. The van der Waals surface area contributed by atoms with Crippen LogP contribution in [0.1, 0.15) is 44.9 Å². The quantitative estimate of drug-likeness (QED) is 0.617. The average Bonchev–Trinajstić information content (AvgIpc) is 2.78. The van der Waals surface area contributed by atoms with E-state index in [0.29, 0.717) is 0 Å². The Labute approximate surface area is 95.4 Å². The highest BCUT2D eigenvalue weighted by atomic mass is 16.2. The molecule has 0 bridgehead atoms. The third-order valence-electron chi connectivity index (χ3n) is 4.45. The summed E-state index contributed by atoms with van der Waals surface area (Å²) in [5.74, 6) is -0.103. The molecular weight excluding hydrogens is 204 g/mol. The largest absolute Gasteiger partial charge is 0.293 e. The standard InChI is InChI=1S/C12H18N2O2/c15-10-9-5-4-8-14(9)12(11(16)13-10)6-2-1-3-7-12/h9H,1-8H2,(H,13,15,16)/t9-/m0/s1. The monoisotopic (exact) mass is 222 g/mol. The number of hydrogen-bond acceptors (Lipinski definition) is 3. The molecule has 16 heavy (non-hydrogen) atoms. The van der Waals surface area contributed by atoms with Crippen LogP contribution in [0.2, 0.25) is 0 Å². The summed E-state index contributed by atoms with van der Waals surface area (Å²) in [4.78, 5) is 26.1. The Bertz CT molecular complexity index is 334. The Balaban J connectivity index is 1.95. The van der Waals surface area contributed by atoms with E-state index < -0.39 is 0 Å². The predicted molar refractivity (Wildman–Crippen MR) is 58.7 cm³/mol. The molecule has 1 saturated carbocycles. The summed E-state index contributed by atoms with van der Waals surface area (Å²) in [5.41, 5.74) is -0.340. The van der Waals surface area contributed by atoms with Gasteiger partial charge in [-0.1, -0.05) is 19.3 Å². The second-order valence-corrected chi connectivity index (χ2v) is 5.26. The molecule has 0 aromatic heterocycles. The summed E-state index contributed by atoms with van der Waals surface area (Å²) in [7, 11) is 0. The number of fused-ring (bicyclic) bond motifs is 2. The normalized spacial score (nSPS) is 33.9. The zero-order chi connectivity index (χ0) is 11.2. The van der Waals surface area contributed by atoms with Crippen LogP contribution in [0.25, 0.3) is 0 Å². The third-order valence-corrected chi connectivity index (χ3v) is 4.45. The number of rotatable bonds is 0. The van der Waals surface area contributed by atoms with E-state index in [2.05, 4.69) is 10.2 Å². The van der Waals surface area contributed by atoms with Crippen LogP contribution in [0.4, 0.5) is 0 Å². The lowest BCUT2D eigenvalue weighted by atomic mass is 9.77. The number of nitrogens with one attached hydrogen (secondary N) is 1. The lowest BCUT2D eigenvalue weighted by Crippen LogP contribution is -2.69. The first-order chi connectivity index (χ1) is 7.74. The van der Waals surface area contributed by atoms with Crippen LogP contribution in [0.3, 0.4) is 0 Å². The second kappa shape index (κ2) is 3.55. The van der Waals surface area contributed by atoms with Gasteiger partial charge in [-0.2, -0.15) is 0 Å². The predicted octanol–water partition coefficient (Wildman–Crippen LogP) is 0.810. The highest BCUT2D eigenvalue weighted by molar-refractivity contribution is 6.05. The lowest BCUT2D eigenvalue weighted by Gasteiger charge is -2.48. The first kappa shape index (κ1) is 10.3. The van der Waals surface area contributed by atoms with Crippen molar-refractivity contribution in [2.75, 3.05) is 6.54 Å². The first-order valence-corrected chi connectivity index (χ1v) is 6.36. The van der Waals surface area contributed by atoms with E-state index in [9.17, 15) is 9.59 Å². The molecule has 0 unspecified atom stereocenters. The molecule has 1 aliphatic carbocycles. The van der Waals surface area contributed by atoms with E-state index in [1.165, 1.54) is 6.42 Å². The molecular formula is C12H18N2O2. The van der Waals surface area contributed by atoms with Gasteiger partial charge < -0.3 is 0 Å².